The van der Waals surface area contributed by atoms with Gasteiger partial charge in [-0.05, 0) is 19.3 Å². The SMILES string of the molecule is CCCCC(N)N.O=C(O)CCCC[C@@H]1SC[C@@H]2NC(=O)N[C@@H]21. The molecule has 0 spiro atoms. The monoisotopic (exact) mass is 346 g/mol. The number of thioether (sulfide) groups is 1. The first kappa shape index (κ1) is 20.1. The van der Waals surface area contributed by atoms with Crippen molar-refractivity contribution in [2.24, 2.45) is 11.5 Å². The van der Waals surface area contributed by atoms with Gasteiger partial charge in [-0.1, -0.05) is 26.2 Å². The number of hydrogen-bond donors (Lipinski definition) is 5. The highest BCUT2D eigenvalue weighted by Gasteiger charge is 2.42. The van der Waals surface area contributed by atoms with E-state index in [4.69, 9.17) is 16.6 Å². The van der Waals surface area contributed by atoms with E-state index in [2.05, 4.69) is 17.6 Å². The molecule has 2 aliphatic rings. The normalized spacial score (nSPS) is 25.4. The average molecular weight is 346 g/mol. The standard InChI is InChI=1S/C10H16N2O3S.C5H14N2/c13-8(14)4-2-1-3-7-9-6(5-16-7)11-10(15)12-9;1-2-3-4-5(6)7/h6-7,9H,1-5H2,(H,13,14)(H2,11,12,15);5H,2-4,6-7H2,1H3/t6-,7-,9-;/m0./s1. The van der Waals surface area contributed by atoms with Crippen LogP contribution in [-0.2, 0) is 4.79 Å². The van der Waals surface area contributed by atoms with Crippen molar-refractivity contribution < 1.29 is 14.7 Å². The summed E-state index contributed by atoms with van der Waals surface area (Å²) in [5.74, 6) is 0.236. The van der Waals surface area contributed by atoms with Crippen molar-refractivity contribution in [1.82, 2.24) is 10.6 Å². The fourth-order valence-corrected chi connectivity index (χ4v) is 4.25. The molecule has 134 valence electrons. The van der Waals surface area contributed by atoms with E-state index >= 15 is 0 Å². The molecule has 8 heteroatoms. The Bertz CT molecular complexity index is 382. The molecule has 2 amide bonds. The van der Waals surface area contributed by atoms with Gasteiger partial charge in [0, 0.05) is 17.4 Å². The fourth-order valence-electron chi connectivity index (χ4n) is 2.70. The van der Waals surface area contributed by atoms with E-state index in [0.717, 1.165) is 37.9 Å². The minimum atomic E-state index is -0.729. The van der Waals surface area contributed by atoms with Gasteiger partial charge in [0.15, 0.2) is 0 Å². The zero-order valence-corrected chi connectivity index (χ0v) is 14.6. The summed E-state index contributed by atoms with van der Waals surface area (Å²) in [4.78, 5) is 21.5. The van der Waals surface area contributed by atoms with Crippen molar-refractivity contribution in [3.63, 3.8) is 0 Å². The lowest BCUT2D eigenvalue weighted by atomic mass is 10.0. The Morgan fingerprint density at radius 1 is 1.35 bits per heavy atom. The summed E-state index contributed by atoms with van der Waals surface area (Å²) in [7, 11) is 0. The molecular weight excluding hydrogens is 316 g/mol. The number of hydrogen-bond acceptors (Lipinski definition) is 5. The van der Waals surface area contributed by atoms with Gasteiger partial charge in [0.2, 0.25) is 0 Å². The van der Waals surface area contributed by atoms with Crippen molar-refractivity contribution in [1.29, 1.82) is 0 Å². The lowest BCUT2D eigenvalue weighted by molar-refractivity contribution is -0.137. The van der Waals surface area contributed by atoms with Crippen LogP contribution >= 0.6 is 11.8 Å². The van der Waals surface area contributed by atoms with Crippen LogP contribution in [0.4, 0.5) is 4.79 Å². The van der Waals surface area contributed by atoms with E-state index in [0.29, 0.717) is 5.25 Å². The van der Waals surface area contributed by atoms with Gasteiger partial charge in [-0.15, -0.1) is 0 Å². The second kappa shape index (κ2) is 10.7. The van der Waals surface area contributed by atoms with Crippen LogP contribution in [0, 0.1) is 0 Å². The van der Waals surface area contributed by atoms with Crippen LogP contribution in [0.15, 0.2) is 0 Å². The van der Waals surface area contributed by atoms with Crippen LogP contribution in [0.2, 0.25) is 0 Å². The van der Waals surface area contributed by atoms with Gasteiger partial charge in [0.1, 0.15) is 0 Å². The zero-order valence-electron chi connectivity index (χ0n) is 13.8. The second-order valence-electron chi connectivity index (χ2n) is 6.07. The van der Waals surface area contributed by atoms with E-state index in [1.807, 2.05) is 11.8 Å². The molecule has 0 aliphatic carbocycles. The molecule has 0 aromatic rings. The summed E-state index contributed by atoms with van der Waals surface area (Å²) in [6, 6.07) is 0.440. The molecule has 2 saturated heterocycles. The maximum Gasteiger partial charge on any atom is 0.315 e. The van der Waals surface area contributed by atoms with E-state index in [1.165, 1.54) is 6.42 Å². The van der Waals surface area contributed by atoms with Gasteiger partial charge in [-0.2, -0.15) is 11.8 Å². The van der Waals surface area contributed by atoms with E-state index in [-0.39, 0.29) is 30.7 Å². The van der Waals surface area contributed by atoms with Crippen molar-refractivity contribution in [2.75, 3.05) is 5.75 Å². The fraction of sp³-hybridized carbons (Fsp3) is 0.867. The number of unbranched alkanes of at least 4 members (excludes halogenated alkanes) is 2. The number of carboxylic acids is 1. The maximum absolute atomic E-state index is 11.1. The van der Waals surface area contributed by atoms with E-state index < -0.39 is 5.97 Å². The highest BCUT2D eigenvalue weighted by molar-refractivity contribution is 8.00. The molecule has 23 heavy (non-hydrogen) atoms. The van der Waals surface area contributed by atoms with Crippen LogP contribution in [-0.4, -0.2) is 46.4 Å². The summed E-state index contributed by atoms with van der Waals surface area (Å²) in [6.07, 6.45) is 6.07. The summed E-state index contributed by atoms with van der Waals surface area (Å²) >= 11 is 1.87. The first-order chi connectivity index (χ1) is 10.9. The third-order valence-electron chi connectivity index (χ3n) is 3.96. The topological polar surface area (TPSA) is 130 Å². The molecule has 3 atom stereocenters. The Balaban J connectivity index is 0.000000322. The predicted octanol–water partition coefficient (Wildman–Crippen LogP) is 1.22. The summed E-state index contributed by atoms with van der Waals surface area (Å²) in [6.45, 7) is 2.13. The van der Waals surface area contributed by atoms with Crippen LogP contribution in [0.3, 0.4) is 0 Å². The highest BCUT2D eigenvalue weighted by atomic mass is 32.2. The minimum Gasteiger partial charge on any atom is -0.481 e. The molecule has 2 aliphatic heterocycles. The van der Waals surface area contributed by atoms with E-state index in [9.17, 15) is 9.59 Å². The average Bonchev–Trinajstić information content (AvgIpc) is 3.01. The number of carboxylic acid groups (broad SMARTS) is 1. The van der Waals surface area contributed by atoms with Crippen LogP contribution in [0.1, 0.15) is 51.9 Å². The third kappa shape index (κ3) is 7.90. The Labute approximate surface area is 142 Å². The molecule has 7 nitrogen and oxygen atoms in total. The summed E-state index contributed by atoms with van der Waals surface area (Å²) in [5, 5.41) is 14.8. The number of aliphatic carboxylic acids is 1. The molecule has 2 fully saturated rings. The van der Waals surface area contributed by atoms with Gasteiger partial charge >= 0.3 is 12.0 Å². The molecule has 0 bridgehead atoms. The number of nitrogens with one attached hydrogen (secondary N) is 2. The van der Waals surface area contributed by atoms with Gasteiger partial charge in [-0.25, -0.2) is 4.79 Å². The van der Waals surface area contributed by atoms with Crippen LogP contribution in [0.25, 0.3) is 0 Å². The van der Waals surface area contributed by atoms with Gasteiger partial charge < -0.3 is 27.2 Å². The first-order valence-electron chi connectivity index (χ1n) is 8.35. The number of urea groups is 1. The minimum absolute atomic E-state index is 0.0640. The van der Waals surface area contributed by atoms with Gasteiger partial charge in [-0.3, -0.25) is 4.79 Å². The molecule has 2 rings (SSSR count). The number of rotatable bonds is 8. The first-order valence-corrected chi connectivity index (χ1v) is 9.40. The molecule has 0 radical (unpaired) electrons. The maximum atomic E-state index is 11.1. The Hall–Kier alpha value is -0.990. The largest absolute Gasteiger partial charge is 0.481 e. The Morgan fingerprint density at radius 3 is 2.65 bits per heavy atom. The number of nitrogens with two attached hydrogens (primary N) is 2. The summed E-state index contributed by atoms with van der Waals surface area (Å²) < 4.78 is 0. The molecule has 2 heterocycles. The second-order valence-corrected chi connectivity index (χ2v) is 7.34. The van der Waals surface area contributed by atoms with Crippen molar-refractivity contribution in [2.45, 2.75) is 75.4 Å². The van der Waals surface area contributed by atoms with Gasteiger partial charge in [0.25, 0.3) is 0 Å². The smallest absolute Gasteiger partial charge is 0.315 e. The quantitative estimate of drug-likeness (QED) is 0.255. The Kier molecular flexibility index (Phi) is 9.35. The lowest BCUT2D eigenvalue weighted by Crippen LogP contribution is -2.36. The van der Waals surface area contributed by atoms with Crippen LogP contribution in [0.5, 0.6) is 0 Å². The molecule has 0 aromatic heterocycles. The molecule has 7 N–H and O–H groups in total. The zero-order chi connectivity index (χ0) is 17.2. The molecule has 0 aromatic carbocycles. The number of amides is 2. The highest BCUT2D eigenvalue weighted by Crippen LogP contribution is 2.33. The Morgan fingerprint density at radius 2 is 2.09 bits per heavy atom. The lowest BCUT2D eigenvalue weighted by Gasteiger charge is -2.16. The third-order valence-corrected chi connectivity index (χ3v) is 5.47. The van der Waals surface area contributed by atoms with Crippen molar-refractivity contribution >= 4 is 23.8 Å². The molecule has 0 unspecified atom stereocenters. The predicted molar refractivity (Wildman–Crippen MR) is 93.3 cm³/mol. The number of carbonyl (C=O) groups excluding carboxylic acids is 1. The molecular formula is C15H30N4O3S. The van der Waals surface area contributed by atoms with Crippen LogP contribution < -0.4 is 22.1 Å². The number of carbonyl (C=O) groups is 2. The van der Waals surface area contributed by atoms with E-state index in [1.54, 1.807) is 0 Å². The van der Waals surface area contributed by atoms with Crippen molar-refractivity contribution in [3.05, 3.63) is 0 Å². The van der Waals surface area contributed by atoms with Gasteiger partial charge in [0.05, 0.1) is 18.2 Å². The molecule has 0 saturated carbocycles. The summed E-state index contributed by atoms with van der Waals surface area (Å²) in [5.41, 5.74) is 10.5. The number of fused-ring (bicyclic) bond motifs is 1. The van der Waals surface area contributed by atoms with Crippen molar-refractivity contribution in [3.8, 4) is 0 Å².